The number of furan rings is 1. The van der Waals surface area contributed by atoms with Crippen LogP contribution < -0.4 is 10.1 Å². The van der Waals surface area contributed by atoms with Crippen LogP contribution >= 0.6 is 15.9 Å². The lowest BCUT2D eigenvalue weighted by Gasteiger charge is -2.06. The molecular weight excluding hydrogens is 412 g/mol. The third-order valence-corrected chi connectivity index (χ3v) is 4.50. The van der Waals surface area contributed by atoms with Crippen LogP contribution in [0.25, 0.3) is 16.7 Å². The molecule has 0 bridgehead atoms. The molecule has 0 unspecified atom stereocenters. The SMILES string of the molecule is COc1ccc(-n2nc3cc(C)c(NC(=O)c4ccc(Br)o4)cc3n2)cc1. The molecule has 4 aromatic rings. The van der Waals surface area contributed by atoms with Crippen LogP contribution in [0.3, 0.4) is 0 Å². The summed E-state index contributed by atoms with van der Waals surface area (Å²) in [5.41, 5.74) is 3.76. The number of nitrogens with zero attached hydrogens (tertiary/aromatic N) is 3. The number of carbonyl (C=O) groups is 1. The zero-order valence-electron chi connectivity index (χ0n) is 14.6. The molecule has 0 saturated carbocycles. The number of nitrogens with one attached hydrogen (secondary N) is 1. The summed E-state index contributed by atoms with van der Waals surface area (Å²) in [4.78, 5) is 13.9. The molecule has 0 aliphatic heterocycles. The summed E-state index contributed by atoms with van der Waals surface area (Å²) >= 11 is 3.19. The van der Waals surface area contributed by atoms with Crippen LogP contribution in [0.5, 0.6) is 5.75 Å². The normalized spacial score (nSPS) is 10.9. The number of hydrogen-bond donors (Lipinski definition) is 1. The molecular formula is C19H15BrN4O3. The molecule has 136 valence electrons. The Bertz CT molecular complexity index is 1130. The van der Waals surface area contributed by atoms with Crippen LogP contribution in [0, 0.1) is 6.92 Å². The summed E-state index contributed by atoms with van der Waals surface area (Å²) < 4.78 is 11.0. The molecule has 2 heterocycles. The van der Waals surface area contributed by atoms with E-state index in [1.165, 1.54) is 0 Å². The van der Waals surface area contributed by atoms with Gasteiger partial charge in [-0.25, -0.2) is 0 Å². The summed E-state index contributed by atoms with van der Waals surface area (Å²) in [5.74, 6) is 0.662. The molecule has 0 spiro atoms. The Balaban J connectivity index is 1.65. The Morgan fingerprint density at radius 1 is 1.11 bits per heavy atom. The number of anilines is 1. The van der Waals surface area contributed by atoms with Gasteiger partial charge in [-0.3, -0.25) is 4.79 Å². The number of amides is 1. The molecule has 1 amide bonds. The molecule has 0 fully saturated rings. The second-order valence-corrected chi connectivity index (χ2v) is 6.68. The van der Waals surface area contributed by atoms with Gasteiger partial charge in [0.05, 0.1) is 12.8 Å². The molecule has 0 saturated heterocycles. The van der Waals surface area contributed by atoms with Gasteiger partial charge >= 0.3 is 0 Å². The van der Waals surface area contributed by atoms with E-state index in [2.05, 4.69) is 31.4 Å². The molecule has 0 atom stereocenters. The quantitative estimate of drug-likeness (QED) is 0.524. The van der Waals surface area contributed by atoms with E-state index in [4.69, 9.17) is 9.15 Å². The number of fused-ring (bicyclic) bond motifs is 1. The fourth-order valence-electron chi connectivity index (χ4n) is 2.65. The third-order valence-electron chi connectivity index (χ3n) is 4.08. The van der Waals surface area contributed by atoms with Gasteiger partial charge in [0.25, 0.3) is 5.91 Å². The molecule has 0 radical (unpaired) electrons. The average molecular weight is 427 g/mol. The van der Waals surface area contributed by atoms with Crippen molar-refractivity contribution in [3.8, 4) is 11.4 Å². The predicted octanol–water partition coefficient (Wildman–Crippen LogP) is 4.35. The zero-order chi connectivity index (χ0) is 19.0. The summed E-state index contributed by atoms with van der Waals surface area (Å²) in [5, 5.41) is 11.9. The highest BCUT2D eigenvalue weighted by molar-refractivity contribution is 9.10. The molecule has 1 N–H and O–H groups in total. The van der Waals surface area contributed by atoms with Crippen molar-refractivity contribution < 1.29 is 13.9 Å². The number of rotatable bonds is 4. The van der Waals surface area contributed by atoms with E-state index in [1.807, 2.05) is 37.3 Å². The molecule has 0 aliphatic rings. The summed E-state index contributed by atoms with van der Waals surface area (Å²) in [6.45, 7) is 1.90. The monoisotopic (exact) mass is 426 g/mol. The largest absolute Gasteiger partial charge is 0.497 e. The fourth-order valence-corrected chi connectivity index (χ4v) is 2.96. The number of carbonyl (C=O) groups excluding carboxylic acids is 1. The third kappa shape index (κ3) is 3.43. The lowest BCUT2D eigenvalue weighted by molar-refractivity contribution is 0.0995. The van der Waals surface area contributed by atoms with Crippen LogP contribution in [0.2, 0.25) is 0 Å². The van der Waals surface area contributed by atoms with E-state index in [9.17, 15) is 4.79 Å². The highest BCUT2D eigenvalue weighted by Crippen LogP contribution is 2.24. The fraction of sp³-hybridized carbons (Fsp3) is 0.105. The standard InChI is InChI=1S/C19H15BrN4O3/c1-11-9-15-16(10-14(11)21-19(25)17-7-8-18(20)27-17)23-24(22-15)12-3-5-13(26-2)6-4-12/h3-10H,1-2H3,(H,21,25). The second kappa shape index (κ2) is 6.88. The Morgan fingerprint density at radius 3 is 2.44 bits per heavy atom. The van der Waals surface area contributed by atoms with Crippen LogP contribution in [0.4, 0.5) is 5.69 Å². The number of aromatic nitrogens is 3. The zero-order valence-corrected chi connectivity index (χ0v) is 16.1. The number of halogens is 1. The first-order valence-corrected chi connectivity index (χ1v) is 8.91. The molecule has 8 heteroatoms. The smallest absolute Gasteiger partial charge is 0.291 e. The number of hydrogen-bond acceptors (Lipinski definition) is 5. The Labute approximate surface area is 163 Å². The summed E-state index contributed by atoms with van der Waals surface area (Å²) in [6.07, 6.45) is 0. The van der Waals surface area contributed by atoms with Gasteiger partial charge in [0.2, 0.25) is 0 Å². The molecule has 2 aromatic carbocycles. The van der Waals surface area contributed by atoms with E-state index < -0.39 is 0 Å². The van der Waals surface area contributed by atoms with Crippen LogP contribution in [0.15, 0.2) is 57.6 Å². The highest BCUT2D eigenvalue weighted by Gasteiger charge is 2.14. The van der Waals surface area contributed by atoms with Crippen molar-refractivity contribution in [2.24, 2.45) is 0 Å². The van der Waals surface area contributed by atoms with E-state index >= 15 is 0 Å². The van der Waals surface area contributed by atoms with E-state index in [0.717, 1.165) is 22.5 Å². The second-order valence-electron chi connectivity index (χ2n) is 5.90. The minimum Gasteiger partial charge on any atom is -0.497 e. The first-order valence-electron chi connectivity index (χ1n) is 8.12. The van der Waals surface area contributed by atoms with Crippen molar-refractivity contribution in [1.82, 2.24) is 15.0 Å². The highest BCUT2D eigenvalue weighted by atomic mass is 79.9. The first-order chi connectivity index (χ1) is 13.0. The number of methoxy groups -OCH3 is 1. The van der Waals surface area contributed by atoms with E-state index in [1.54, 1.807) is 30.1 Å². The Kier molecular flexibility index (Phi) is 4.41. The minimum atomic E-state index is -0.328. The van der Waals surface area contributed by atoms with Gasteiger partial charge in [0.1, 0.15) is 16.8 Å². The maximum Gasteiger partial charge on any atom is 0.291 e. The van der Waals surface area contributed by atoms with E-state index in [-0.39, 0.29) is 11.7 Å². The van der Waals surface area contributed by atoms with Gasteiger partial charge in [0, 0.05) is 5.69 Å². The minimum absolute atomic E-state index is 0.225. The first kappa shape index (κ1) is 17.3. The summed E-state index contributed by atoms with van der Waals surface area (Å²) in [6, 6.07) is 14.4. The molecule has 0 aliphatic carbocycles. The maximum absolute atomic E-state index is 12.3. The van der Waals surface area contributed by atoms with Gasteiger partial charge in [-0.15, -0.1) is 10.2 Å². The van der Waals surface area contributed by atoms with Gasteiger partial charge in [0.15, 0.2) is 10.4 Å². The van der Waals surface area contributed by atoms with Crippen molar-refractivity contribution in [3.63, 3.8) is 0 Å². The predicted molar refractivity (Wildman–Crippen MR) is 105 cm³/mol. The lowest BCUT2D eigenvalue weighted by atomic mass is 10.1. The Hall–Kier alpha value is -3.13. The summed E-state index contributed by atoms with van der Waals surface area (Å²) in [7, 11) is 1.62. The number of benzene rings is 2. The van der Waals surface area contributed by atoms with Gasteiger partial charge in [-0.2, -0.15) is 4.80 Å². The van der Waals surface area contributed by atoms with Gasteiger partial charge in [-0.1, -0.05) is 0 Å². The molecule has 4 rings (SSSR count). The van der Waals surface area contributed by atoms with E-state index in [0.29, 0.717) is 15.9 Å². The molecule has 27 heavy (non-hydrogen) atoms. The van der Waals surface area contributed by atoms with Crippen molar-refractivity contribution in [3.05, 3.63) is 64.5 Å². The van der Waals surface area contributed by atoms with Gasteiger partial charge in [-0.05, 0) is 76.9 Å². The van der Waals surface area contributed by atoms with Crippen molar-refractivity contribution in [2.45, 2.75) is 6.92 Å². The van der Waals surface area contributed by atoms with Crippen molar-refractivity contribution in [1.29, 1.82) is 0 Å². The van der Waals surface area contributed by atoms with Crippen LogP contribution in [0.1, 0.15) is 16.1 Å². The number of aryl methyl sites for hydroxylation is 1. The Morgan fingerprint density at radius 2 is 1.81 bits per heavy atom. The average Bonchev–Trinajstić information content (AvgIpc) is 3.28. The number of ether oxygens (including phenoxy) is 1. The van der Waals surface area contributed by atoms with Crippen LogP contribution in [-0.4, -0.2) is 28.0 Å². The van der Waals surface area contributed by atoms with Crippen molar-refractivity contribution in [2.75, 3.05) is 12.4 Å². The van der Waals surface area contributed by atoms with Crippen LogP contribution in [-0.2, 0) is 0 Å². The molecule has 2 aromatic heterocycles. The maximum atomic E-state index is 12.3. The molecule has 7 nitrogen and oxygen atoms in total. The lowest BCUT2D eigenvalue weighted by Crippen LogP contribution is -2.11. The van der Waals surface area contributed by atoms with Crippen molar-refractivity contribution >= 4 is 38.6 Å². The topological polar surface area (TPSA) is 82.2 Å². The van der Waals surface area contributed by atoms with Gasteiger partial charge < -0.3 is 14.5 Å².